The van der Waals surface area contributed by atoms with E-state index in [1.165, 1.54) is 12.1 Å². The predicted molar refractivity (Wildman–Crippen MR) is 79.5 cm³/mol. The van der Waals surface area contributed by atoms with Crippen molar-refractivity contribution in [1.82, 2.24) is 0 Å². The third-order valence-corrected chi connectivity index (χ3v) is 4.49. The minimum absolute atomic E-state index is 0.00590. The maximum atomic E-state index is 12.3. The fraction of sp³-hybridized carbons (Fsp3) is 0.529. The van der Waals surface area contributed by atoms with Gasteiger partial charge in [-0.2, -0.15) is 0 Å². The van der Waals surface area contributed by atoms with Crippen molar-refractivity contribution in [3.63, 3.8) is 0 Å². The zero-order valence-electron chi connectivity index (χ0n) is 13.2. The number of aliphatic carboxylic acids is 1. The van der Waals surface area contributed by atoms with Crippen LogP contribution in [-0.4, -0.2) is 23.2 Å². The molecule has 24 heavy (non-hydrogen) atoms. The SMILES string of the molecule is CCC(CC(=O)Cc1ccc(OC(F)(F)F)cc1)(C(=O)O)C1CC1. The van der Waals surface area contributed by atoms with E-state index in [0.29, 0.717) is 12.0 Å². The Bertz CT molecular complexity index is 605. The van der Waals surface area contributed by atoms with E-state index in [-0.39, 0.29) is 30.3 Å². The quantitative estimate of drug-likeness (QED) is 0.775. The second-order valence-electron chi connectivity index (χ2n) is 6.17. The molecule has 4 nitrogen and oxygen atoms in total. The summed E-state index contributed by atoms with van der Waals surface area (Å²) >= 11 is 0. The highest BCUT2D eigenvalue weighted by molar-refractivity contribution is 5.88. The van der Waals surface area contributed by atoms with Crippen molar-refractivity contribution in [3.05, 3.63) is 29.8 Å². The highest BCUT2D eigenvalue weighted by Crippen LogP contribution is 2.50. The largest absolute Gasteiger partial charge is 0.573 e. The molecule has 7 heteroatoms. The topological polar surface area (TPSA) is 63.6 Å². The maximum Gasteiger partial charge on any atom is 0.573 e. The maximum absolute atomic E-state index is 12.3. The summed E-state index contributed by atoms with van der Waals surface area (Å²) in [5.74, 6) is -1.50. The molecule has 1 aromatic rings. The molecule has 0 aromatic heterocycles. The summed E-state index contributed by atoms with van der Waals surface area (Å²) in [6, 6.07) is 5.04. The predicted octanol–water partition coefficient (Wildman–Crippen LogP) is 3.98. The molecule has 0 spiro atoms. The van der Waals surface area contributed by atoms with Gasteiger partial charge in [0.2, 0.25) is 0 Å². The lowest BCUT2D eigenvalue weighted by Gasteiger charge is -2.27. The van der Waals surface area contributed by atoms with Crippen LogP contribution in [0.5, 0.6) is 5.75 Å². The van der Waals surface area contributed by atoms with Crippen LogP contribution >= 0.6 is 0 Å². The molecule has 1 fully saturated rings. The van der Waals surface area contributed by atoms with E-state index < -0.39 is 17.7 Å². The first-order valence-electron chi connectivity index (χ1n) is 7.76. The number of carbonyl (C=O) groups is 2. The number of ketones is 1. The average molecular weight is 344 g/mol. The minimum Gasteiger partial charge on any atom is -0.481 e. The molecule has 1 atom stereocenters. The van der Waals surface area contributed by atoms with E-state index in [1.54, 1.807) is 6.92 Å². The zero-order valence-corrected chi connectivity index (χ0v) is 13.2. The second kappa shape index (κ2) is 6.83. The first kappa shape index (κ1) is 18.3. The monoisotopic (exact) mass is 344 g/mol. The number of Topliss-reactive ketones (excluding diaryl/α,β-unsaturated/α-hetero) is 1. The van der Waals surface area contributed by atoms with Gasteiger partial charge < -0.3 is 9.84 Å². The lowest BCUT2D eigenvalue weighted by molar-refractivity contribution is -0.274. The Morgan fingerprint density at radius 3 is 2.21 bits per heavy atom. The van der Waals surface area contributed by atoms with E-state index in [2.05, 4.69) is 4.74 Å². The van der Waals surface area contributed by atoms with Crippen molar-refractivity contribution < 1.29 is 32.6 Å². The van der Waals surface area contributed by atoms with Crippen LogP contribution in [0.3, 0.4) is 0 Å². The van der Waals surface area contributed by atoms with Crippen LogP contribution in [0, 0.1) is 11.3 Å². The van der Waals surface area contributed by atoms with Crippen LogP contribution in [0.15, 0.2) is 24.3 Å². The van der Waals surface area contributed by atoms with Crippen LogP contribution in [0.1, 0.15) is 38.2 Å². The summed E-state index contributed by atoms with van der Waals surface area (Å²) in [6.45, 7) is 1.77. The van der Waals surface area contributed by atoms with Crippen LogP contribution in [0.25, 0.3) is 0 Å². The van der Waals surface area contributed by atoms with Gasteiger partial charge in [-0.1, -0.05) is 19.1 Å². The summed E-state index contributed by atoms with van der Waals surface area (Å²) in [4.78, 5) is 23.9. The number of carboxylic acids is 1. The number of ether oxygens (including phenoxy) is 1. The Balaban J connectivity index is 2.00. The molecule has 0 radical (unpaired) electrons. The number of benzene rings is 1. The number of hydrogen-bond acceptors (Lipinski definition) is 3. The molecule has 1 N–H and O–H groups in total. The number of carbonyl (C=O) groups excluding carboxylic acids is 1. The van der Waals surface area contributed by atoms with Gasteiger partial charge in [0.1, 0.15) is 11.5 Å². The van der Waals surface area contributed by atoms with Gasteiger partial charge in [0.15, 0.2) is 0 Å². The summed E-state index contributed by atoms with van der Waals surface area (Å²) in [5.41, 5.74) is -0.489. The molecule has 0 aliphatic heterocycles. The molecule has 1 aliphatic rings. The normalized spacial score (nSPS) is 17.2. The van der Waals surface area contributed by atoms with E-state index in [1.807, 2.05) is 0 Å². The second-order valence-corrected chi connectivity index (χ2v) is 6.17. The molecule has 0 amide bonds. The van der Waals surface area contributed by atoms with E-state index in [9.17, 15) is 27.9 Å². The van der Waals surface area contributed by atoms with Crippen molar-refractivity contribution in [2.45, 2.75) is 45.4 Å². The smallest absolute Gasteiger partial charge is 0.481 e. The third-order valence-electron chi connectivity index (χ3n) is 4.49. The summed E-state index contributed by atoms with van der Waals surface area (Å²) in [5, 5.41) is 9.52. The fourth-order valence-electron chi connectivity index (χ4n) is 3.05. The molecular formula is C17H19F3O4. The van der Waals surface area contributed by atoms with Crippen molar-refractivity contribution in [2.24, 2.45) is 11.3 Å². The fourth-order valence-corrected chi connectivity index (χ4v) is 3.05. The van der Waals surface area contributed by atoms with Crippen LogP contribution in [0.4, 0.5) is 13.2 Å². The molecule has 1 unspecified atom stereocenters. The van der Waals surface area contributed by atoms with Crippen molar-refractivity contribution in [2.75, 3.05) is 0 Å². The van der Waals surface area contributed by atoms with Gasteiger partial charge in [-0.3, -0.25) is 9.59 Å². The van der Waals surface area contributed by atoms with Crippen molar-refractivity contribution in [3.8, 4) is 5.75 Å². The first-order chi connectivity index (χ1) is 11.2. The van der Waals surface area contributed by atoms with Gasteiger partial charge in [0.25, 0.3) is 0 Å². The van der Waals surface area contributed by atoms with Crippen LogP contribution in [-0.2, 0) is 16.0 Å². The van der Waals surface area contributed by atoms with Crippen molar-refractivity contribution in [1.29, 1.82) is 0 Å². The lowest BCUT2D eigenvalue weighted by Crippen LogP contribution is -2.35. The highest BCUT2D eigenvalue weighted by Gasteiger charge is 2.50. The Morgan fingerprint density at radius 1 is 1.21 bits per heavy atom. The van der Waals surface area contributed by atoms with Crippen LogP contribution in [0.2, 0.25) is 0 Å². The Morgan fingerprint density at radius 2 is 1.79 bits per heavy atom. The Kier molecular flexibility index (Phi) is 5.20. The molecule has 0 bridgehead atoms. The summed E-state index contributed by atoms with van der Waals surface area (Å²) in [7, 11) is 0. The van der Waals surface area contributed by atoms with Gasteiger partial charge in [0.05, 0.1) is 5.41 Å². The highest BCUT2D eigenvalue weighted by atomic mass is 19.4. The molecule has 1 saturated carbocycles. The van der Waals surface area contributed by atoms with Crippen molar-refractivity contribution >= 4 is 11.8 Å². The molecule has 132 valence electrons. The van der Waals surface area contributed by atoms with Gasteiger partial charge >= 0.3 is 12.3 Å². The Hall–Kier alpha value is -2.05. The van der Waals surface area contributed by atoms with Crippen LogP contribution < -0.4 is 4.74 Å². The number of rotatable bonds is 8. The standard InChI is InChI=1S/C17H19F3O4/c1-2-16(15(22)23,12-5-6-12)10-13(21)9-11-3-7-14(8-4-11)24-17(18,19)20/h3-4,7-8,12H,2,5-6,9-10H2,1H3,(H,22,23). The average Bonchev–Trinajstić information content (AvgIpc) is 3.30. The minimum atomic E-state index is -4.76. The molecule has 0 saturated heterocycles. The number of halogens is 3. The van der Waals surface area contributed by atoms with Gasteiger partial charge in [-0.05, 0) is 42.9 Å². The van der Waals surface area contributed by atoms with Gasteiger partial charge in [0, 0.05) is 12.8 Å². The summed E-state index contributed by atoms with van der Waals surface area (Å²) in [6.07, 6.45) is -2.80. The summed E-state index contributed by atoms with van der Waals surface area (Å²) < 4.78 is 40.1. The zero-order chi connectivity index (χ0) is 18.0. The van der Waals surface area contributed by atoms with E-state index in [0.717, 1.165) is 25.0 Å². The third kappa shape index (κ3) is 4.49. The lowest BCUT2D eigenvalue weighted by atomic mass is 9.75. The van der Waals surface area contributed by atoms with E-state index in [4.69, 9.17) is 0 Å². The first-order valence-corrected chi connectivity index (χ1v) is 7.76. The van der Waals surface area contributed by atoms with Gasteiger partial charge in [-0.15, -0.1) is 13.2 Å². The Labute approximate surface area is 137 Å². The molecule has 2 rings (SSSR count). The van der Waals surface area contributed by atoms with Gasteiger partial charge in [-0.25, -0.2) is 0 Å². The molecule has 1 aromatic carbocycles. The number of alkyl halides is 3. The van der Waals surface area contributed by atoms with E-state index >= 15 is 0 Å². The number of hydrogen-bond donors (Lipinski definition) is 1. The molecular weight excluding hydrogens is 325 g/mol. The number of carboxylic acid groups (broad SMARTS) is 1. The molecule has 1 aliphatic carbocycles. The molecule has 0 heterocycles.